The number of pyridine rings is 2. The van der Waals surface area contributed by atoms with Gasteiger partial charge in [-0.3, -0.25) is 14.8 Å². The number of carbonyl (C=O) groups is 1. The monoisotopic (exact) mass is 375 g/mol. The summed E-state index contributed by atoms with van der Waals surface area (Å²) in [5, 5.41) is 9.71. The summed E-state index contributed by atoms with van der Waals surface area (Å²) in [6.45, 7) is 6.13. The molecule has 2 aromatic heterocycles. The average molecular weight is 375 g/mol. The molecular weight excluding hydrogens is 350 g/mol. The van der Waals surface area contributed by atoms with Crippen LogP contribution < -0.4 is 0 Å². The van der Waals surface area contributed by atoms with Gasteiger partial charge in [-0.25, -0.2) is 0 Å². The molecule has 0 saturated heterocycles. The maximum atomic E-state index is 12.8. The van der Waals surface area contributed by atoms with E-state index in [1.807, 2.05) is 50.2 Å². The molecule has 2 heterocycles. The molecule has 5 heteroatoms. The molecular formula is C23H25N3O2. The van der Waals surface area contributed by atoms with Crippen LogP contribution in [0.1, 0.15) is 46.0 Å². The highest BCUT2D eigenvalue weighted by Gasteiger charge is 2.14. The Hall–Kier alpha value is -3.05. The van der Waals surface area contributed by atoms with E-state index in [1.165, 1.54) is 0 Å². The van der Waals surface area contributed by atoms with Gasteiger partial charge in [-0.05, 0) is 62.7 Å². The van der Waals surface area contributed by atoms with Crippen molar-refractivity contribution in [2.24, 2.45) is 0 Å². The zero-order valence-corrected chi connectivity index (χ0v) is 16.7. The predicted molar refractivity (Wildman–Crippen MR) is 110 cm³/mol. The maximum Gasteiger partial charge on any atom is 0.253 e. The van der Waals surface area contributed by atoms with E-state index in [-0.39, 0.29) is 5.91 Å². The zero-order chi connectivity index (χ0) is 20.3. The van der Waals surface area contributed by atoms with E-state index in [9.17, 15) is 9.90 Å². The van der Waals surface area contributed by atoms with Gasteiger partial charge in [0.1, 0.15) is 0 Å². The first-order chi connectivity index (χ1) is 13.3. The van der Waals surface area contributed by atoms with Gasteiger partial charge >= 0.3 is 0 Å². The number of benzene rings is 1. The molecule has 0 fully saturated rings. The lowest BCUT2D eigenvalue weighted by atomic mass is 10.1. The maximum absolute atomic E-state index is 12.8. The highest BCUT2D eigenvalue weighted by atomic mass is 16.3. The lowest BCUT2D eigenvalue weighted by Gasteiger charge is -2.17. The predicted octanol–water partition coefficient (Wildman–Crippen LogP) is 4.09. The number of amides is 1. The Kier molecular flexibility index (Phi) is 5.85. The third-order valence-electron chi connectivity index (χ3n) is 4.52. The molecule has 5 nitrogen and oxygen atoms in total. The number of nitrogens with zero attached hydrogens (tertiary/aromatic N) is 3. The van der Waals surface area contributed by atoms with E-state index in [0.717, 1.165) is 28.2 Å². The lowest BCUT2D eigenvalue weighted by molar-refractivity contribution is 0.0783. The van der Waals surface area contributed by atoms with E-state index in [2.05, 4.69) is 9.97 Å². The topological polar surface area (TPSA) is 66.3 Å². The zero-order valence-electron chi connectivity index (χ0n) is 16.7. The standard InChI is InChI=1S/C23H25N3O2/c1-15-12-16(2)24-20(13-15)14-26(4)23(28)19-10-8-18(9-11-19)22-7-5-6-21(25-22)17(3)27/h5-13,17,27H,14H2,1-4H3/t17-/m1/s1. The second-order valence-corrected chi connectivity index (χ2v) is 7.14. The molecule has 1 amide bonds. The lowest BCUT2D eigenvalue weighted by Crippen LogP contribution is -2.26. The number of aryl methyl sites for hydroxylation is 2. The number of hydrogen-bond donors (Lipinski definition) is 1. The average Bonchev–Trinajstić information content (AvgIpc) is 2.66. The Labute approximate surface area is 165 Å². The number of carbonyl (C=O) groups excluding carboxylic acids is 1. The van der Waals surface area contributed by atoms with Crippen molar-refractivity contribution in [3.05, 3.63) is 82.8 Å². The molecule has 144 valence electrons. The van der Waals surface area contributed by atoms with Gasteiger partial charge in [-0.15, -0.1) is 0 Å². The van der Waals surface area contributed by atoms with Crippen LogP contribution in [0.3, 0.4) is 0 Å². The van der Waals surface area contributed by atoms with E-state index >= 15 is 0 Å². The summed E-state index contributed by atoms with van der Waals surface area (Å²) < 4.78 is 0. The van der Waals surface area contributed by atoms with Crippen LogP contribution in [0.5, 0.6) is 0 Å². The molecule has 0 bridgehead atoms. The Balaban J connectivity index is 1.75. The molecule has 28 heavy (non-hydrogen) atoms. The van der Waals surface area contributed by atoms with Crippen LogP contribution in [0, 0.1) is 13.8 Å². The van der Waals surface area contributed by atoms with Crippen molar-refractivity contribution in [2.45, 2.75) is 33.4 Å². The van der Waals surface area contributed by atoms with Crippen molar-refractivity contribution in [2.75, 3.05) is 7.05 Å². The molecule has 3 aromatic rings. The normalized spacial score (nSPS) is 11.9. The second kappa shape index (κ2) is 8.31. The van der Waals surface area contributed by atoms with Crippen LogP contribution >= 0.6 is 0 Å². The SMILES string of the molecule is Cc1cc(C)nc(CN(C)C(=O)c2ccc(-c3cccc([C@@H](C)O)n3)cc2)c1. The van der Waals surface area contributed by atoms with Crippen LogP contribution in [-0.4, -0.2) is 32.9 Å². The van der Waals surface area contributed by atoms with Gasteiger partial charge in [0.25, 0.3) is 5.91 Å². The molecule has 0 aliphatic heterocycles. The van der Waals surface area contributed by atoms with Gasteiger partial charge in [0.05, 0.1) is 29.7 Å². The fourth-order valence-electron chi connectivity index (χ4n) is 3.17. The minimum atomic E-state index is -0.617. The third kappa shape index (κ3) is 4.61. The van der Waals surface area contributed by atoms with Gasteiger partial charge < -0.3 is 10.0 Å². The van der Waals surface area contributed by atoms with Crippen LogP contribution in [0.2, 0.25) is 0 Å². The van der Waals surface area contributed by atoms with E-state index in [0.29, 0.717) is 17.8 Å². The van der Waals surface area contributed by atoms with Crippen molar-refractivity contribution in [1.29, 1.82) is 0 Å². The van der Waals surface area contributed by atoms with Crippen LogP contribution in [0.25, 0.3) is 11.3 Å². The highest BCUT2D eigenvalue weighted by Crippen LogP contribution is 2.21. The quantitative estimate of drug-likeness (QED) is 0.729. The van der Waals surface area contributed by atoms with Gasteiger partial charge in [0.2, 0.25) is 0 Å². The highest BCUT2D eigenvalue weighted by molar-refractivity contribution is 5.94. The smallest absolute Gasteiger partial charge is 0.253 e. The Bertz CT molecular complexity index is 961. The summed E-state index contributed by atoms with van der Waals surface area (Å²) in [5.41, 5.74) is 5.87. The molecule has 0 aliphatic rings. The third-order valence-corrected chi connectivity index (χ3v) is 4.52. The van der Waals surface area contributed by atoms with Crippen molar-refractivity contribution in [1.82, 2.24) is 14.9 Å². The summed E-state index contributed by atoms with van der Waals surface area (Å²) in [6.07, 6.45) is -0.617. The molecule has 0 radical (unpaired) electrons. The van der Waals surface area contributed by atoms with E-state index in [4.69, 9.17) is 0 Å². The second-order valence-electron chi connectivity index (χ2n) is 7.14. The van der Waals surface area contributed by atoms with Crippen molar-refractivity contribution in [3.63, 3.8) is 0 Å². The molecule has 1 aromatic carbocycles. The first kappa shape index (κ1) is 19.7. The molecule has 0 unspecified atom stereocenters. The molecule has 1 atom stereocenters. The summed E-state index contributed by atoms with van der Waals surface area (Å²) in [4.78, 5) is 23.4. The molecule has 0 spiro atoms. The van der Waals surface area contributed by atoms with Crippen LogP contribution in [0.4, 0.5) is 0 Å². The summed E-state index contributed by atoms with van der Waals surface area (Å²) in [7, 11) is 1.78. The number of hydrogen-bond acceptors (Lipinski definition) is 4. The summed E-state index contributed by atoms with van der Waals surface area (Å²) in [6, 6.07) is 16.9. The first-order valence-corrected chi connectivity index (χ1v) is 9.28. The number of aromatic nitrogens is 2. The Morgan fingerprint density at radius 3 is 2.43 bits per heavy atom. The summed E-state index contributed by atoms with van der Waals surface area (Å²) >= 11 is 0. The van der Waals surface area contributed by atoms with Gasteiger partial charge in [0.15, 0.2) is 0 Å². The number of aliphatic hydroxyl groups excluding tert-OH is 1. The van der Waals surface area contributed by atoms with Crippen molar-refractivity contribution < 1.29 is 9.90 Å². The largest absolute Gasteiger partial charge is 0.387 e. The van der Waals surface area contributed by atoms with Crippen molar-refractivity contribution >= 4 is 5.91 Å². The number of rotatable bonds is 5. The van der Waals surface area contributed by atoms with Gasteiger partial charge in [0, 0.05) is 23.9 Å². The first-order valence-electron chi connectivity index (χ1n) is 9.28. The van der Waals surface area contributed by atoms with Crippen LogP contribution in [-0.2, 0) is 6.54 Å². The molecule has 1 N–H and O–H groups in total. The minimum Gasteiger partial charge on any atom is -0.387 e. The summed E-state index contributed by atoms with van der Waals surface area (Å²) in [5.74, 6) is -0.0572. The fourth-order valence-corrected chi connectivity index (χ4v) is 3.17. The van der Waals surface area contributed by atoms with E-state index < -0.39 is 6.10 Å². The molecule has 0 aliphatic carbocycles. The van der Waals surface area contributed by atoms with Gasteiger partial charge in [-0.1, -0.05) is 18.2 Å². The van der Waals surface area contributed by atoms with Gasteiger partial charge in [-0.2, -0.15) is 0 Å². The minimum absolute atomic E-state index is 0.0572. The molecule has 3 rings (SSSR count). The van der Waals surface area contributed by atoms with E-state index in [1.54, 1.807) is 37.1 Å². The molecule has 0 saturated carbocycles. The Morgan fingerprint density at radius 1 is 1.07 bits per heavy atom. The van der Waals surface area contributed by atoms with Crippen molar-refractivity contribution in [3.8, 4) is 11.3 Å². The Morgan fingerprint density at radius 2 is 1.79 bits per heavy atom. The number of aliphatic hydroxyl groups is 1. The fraction of sp³-hybridized carbons (Fsp3) is 0.261. The van der Waals surface area contributed by atoms with Crippen LogP contribution in [0.15, 0.2) is 54.6 Å².